The summed E-state index contributed by atoms with van der Waals surface area (Å²) in [5.41, 5.74) is 7.10. The molecule has 5 heteroatoms. The van der Waals surface area contributed by atoms with Crippen LogP contribution in [0.15, 0.2) is 30.3 Å². The molecular weight excluding hydrogens is 314 g/mol. The summed E-state index contributed by atoms with van der Waals surface area (Å²) in [6.45, 7) is 1.48. The number of carbonyl (C=O) groups excluding carboxylic acids is 2. The summed E-state index contributed by atoms with van der Waals surface area (Å²) in [5, 5.41) is 3.17. The summed E-state index contributed by atoms with van der Waals surface area (Å²) in [7, 11) is 0. The Morgan fingerprint density at radius 1 is 1.08 bits per heavy atom. The van der Waals surface area contributed by atoms with Crippen molar-refractivity contribution in [3.63, 3.8) is 0 Å². The molecule has 25 heavy (non-hydrogen) atoms. The van der Waals surface area contributed by atoms with E-state index in [1.54, 1.807) is 0 Å². The molecule has 3 N–H and O–H groups in total. The van der Waals surface area contributed by atoms with Gasteiger partial charge in [0, 0.05) is 37.5 Å². The molecule has 1 saturated heterocycles. The van der Waals surface area contributed by atoms with Crippen LogP contribution in [0.5, 0.6) is 0 Å². The summed E-state index contributed by atoms with van der Waals surface area (Å²) < 4.78 is 0. The molecule has 0 bridgehead atoms. The largest absolute Gasteiger partial charge is 0.353 e. The third-order valence-electron chi connectivity index (χ3n) is 5.51. The number of nitrogens with zero attached hydrogens (tertiary/aromatic N) is 1. The fourth-order valence-corrected chi connectivity index (χ4v) is 3.90. The molecule has 3 rings (SSSR count). The van der Waals surface area contributed by atoms with E-state index in [4.69, 9.17) is 5.73 Å². The van der Waals surface area contributed by atoms with Crippen molar-refractivity contribution in [2.45, 2.75) is 57.0 Å². The molecule has 1 heterocycles. The number of piperidine rings is 1. The van der Waals surface area contributed by atoms with Crippen LogP contribution in [-0.4, -0.2) is 41.9 Å². The molecule has 0 spiro atoms. The normalized spacial score (nSPS) is 24.3. The number of nitrogens with one attached hydrogen (secondary N) is 1. The molecule has 1 aliphatic carbocycles. The Labute approximate surface area is 150 Å². The highest BCUT2D eigenvalue weighted by atomic mass is 16.2. The maximum atomic E-state index is 12.4. The second-order valence-electron chi connectivity index (χ2n) is 7.42. The number of amides is 2. The summed E-state index contributed by atoms with van der Waals surface area (Å²) in [6.07, 6.45) is 5.71. The molecule has 2 atom stereocenters. The van der Waals surface area contributed by atoms with Crippen LogP contribution in [0.25, 0.3) is 0 Å². The van der Waals surface area contributed by atoms with Crippen LogP contribution in [0.3, 0.4) is 0 Å². The molecule has 1 aliphatic heterocycles. The van der Waals surface area contributed by atoms with Crippen LogP contribution in [0.4, 0.5) is 0 Å². The Balaban J connectivity index is 1.38. The lowest BCUT2D eigenvalue weighted by molar-refractivity contribution is -0.132. The van der Waals surface area contributed by atoms with E-state index in [1.165, 1.54) is 5.56 Å². The van der Waals surface area contributed by atoms with Crippen LogP contribution in [0.2, 0.25) is 0 Å². The fourth-order valence-electron chi connectivity index (χ4n) is 3.90. The van der Waals surface area contributed by atoms with Crippen molar-refractivity contribution in [2.24, 2.45) is 11.7 Å². The molecule has 5 nitrogen and oxygen atoms in total. The molecule has 1 aromatic rings. The first-order valence-electron chi connectivity index (χ1n) is 9.49. The highest BCUT2D eigenvalue weighted by molar-refractivity contribution is 5.79. The number of hydrogen-bond acceptors (Lipinski definition) is 3. The van der Waals surface area contributed by atoms with Crippen LogP contribution >= 0.6 is 0 Å². The van der Waals surface area contributed by atoms with E-state index in [0.29, 0.717) is 6.42 Å². The van der Waals surface area contributed by atoms with E-state index >= 15 is 0 Å². The van der Waals surface area contributed by atoms with E-state index in [2.05, 4.69) is 17.4 Å². The lowest BCUT2D eigenvalue weighted by Crippen LogP contribution is -2.47. The van der Waals surface area contributed by atoms with Crippen LogP contribution in [-0.2, 0) is 16.0 Å². The first-order chi connectivity index (χ1) is 12.1. The van der Waals surface area contributed by atoms with Crippen molar-refractivity contribution < 1.29 is 9.59 Å². The standard InChI is InChI=1S/C20H29N3O2/c21-17-8-7-16(14-17)20(25)22-18-10-12-23(13-11-18)19(24)9-6-15-4-2-1-3-5-15/h1-5,16-18H,6-14,21H2,(H,22,25). The Morgan fingerprint density at radius 3 is 2.44 bits per heavy atom. The van der Waals surface area contributed by atoms with Gasteiger partial charge in [-0.15, -0.1) is 0 Å². The number of benzene rings is 1. The Bertz CT molecular complexity index is 582. The molecule has 2 aliphatic rings. The van der Waals surface area contributed by atoms with E-state index in [0.717, 1.165) is 51.6 Å². The monoisotopic (exact) mass is 343 g/mol. The first-order valence-corrected chi connectivity index (χ1v) is 9.49. The Morgan fingerprint density at radius 2 is 1.80 bits per heavy atom. The van der Waals surface area contributed by atoms with Crippen molar-refractivity contribution in [1.29, 1.82) is 0 Å². The second kappa shape index (κ2) is 8.48. The van der Waals surface area contributed by atoms with Crippen molar-refractivity contribution in [3.05, 3.63) is 35.9 Å². The van der Waals surface area contributed by atoms with Gasteiger partial charge in [0.25, 0.3) is 0 Å². The maximum absolute atomic E-state index is 12.4. The zero-order valence-corrected chi connectivity index (χ0v) is 14.8. The minimum atomic E-state index is 0.0838. The average molecular weight is 343 g/mol. The van der Waals surface area contributed by atoms with Gasteiger partial charge in [-0.2, -0.15) is 0 Å². The molecule has 2 fully saturated rings. The van der Waals surface area contributed by atoms with Crippen LogP contribution < -0.4 is 11.1 Å². The minimum absolute atomic E-state index is 0.0838. The lowest BCUT2D eigenvalue weighted by Gasteiger charge is -2.33. The number of aryl methyl sites for hydroxylation is 1. The molecule has 1 saturated carbocycles. The van der Waals surface area contributed by atoms with Gasteiger partial charge in [0.1, 0.15) is 0 Å². The van der Waals surface area contributed by atoms with E-state index < -0.39 is 0 Å². The molecule has 2 unspecified atom stereocenters. The van der Waals surface area contributed by atoms with Gasteiger partial charge in [0.05, 0.1) is 0 Å². The fraction of sp³-hybridized carbons (Fsp3) is 0.600. The summed E-state index contributed by atoms with van der Waals surface area (Å²) in [4.78, 5) is 26.6. The van der Waals surface area contributed by atoms with Gasteiger partial charge in [-0.05, 0) is 44.1 Å². The Kier molecular flexibility index (Phi) is 6.08. The maximum Gasteiger partial charge on any atom is 0.223 e. The topological polar surface area (TPSA) is 75.4 Å². The number of carbonyl (C=O) groups is 2. The zero-order chi connectivity index (χ0) is 17.6. The van der Waals surface area contributed by atoms with Crippen molar-refractivity contribution in [2.75, 3.05) is 13.1 Å². The van der Waals surface area contributed by atoms with E-state index in [-0.39, 0.29) is 29.8 Å². The molecule has 2 amide bonds. The molecule has 0 radical (unpaired) electrons. The number of rotatable bonds is 5. The summed E-state index contributed by atoms with van der Waals surface area (Å²) >= 11 is 0. The number of nitrogens with two attached hydrogens (primary N) is 1. The number of likely N-dealkylation sites (tertiary alicyclic amines) is 1. The highest BCUT2D eigenvalue weighted by Crippen LogP contribution is 2.24. The average Bonchev–Trinajstić information content (AvgIpc) is 3.08. The number of hydrogen-bond donors (Lipinski definition) is 2. The summed E-state index contributed by atoms with van der Waals surface area (Å²) in [5.74, 6) is 0.456. The third-order valence-corrected chi connectivity index (χ3v) is 5.51. The predicted octanol–water partition coefficient (Wildman–Crippen LogP) is 1.85. The molecule has 1 aromatic carbocycles. The van der Waals surface area contributed by atoms with Gasteiger partial charge in [0.2, 0.25) is 11.8 Å². The highest BCUT2D eigenvalue weighted by Gasteiger charge is 2.30. The first kappa shape index (κ1) is 17.9. The van der Waals surface area contributed by atoms with Crippen molar-refractivity contribution in [1.82, 2.24) is 10.2 Å². The van der Waals surface area contributed by atoms with E-state index in [9.17, 15) is 9.59 Å². The predicted molar refractivity (Wildman–Crippen MR) is 97.8 cm³/mol. The molecule has 136 valence electrons. The van der Waals surface area contributed by atoms with Gasteiger partial charge in [-0.1, -0.05) is 30.3 Å². The van der Waals surface area contributed by atoms with Gasteiger partial charge in [-0.25, -0.2) is 0 Å². The van der Waals surface area contributed by atoms with Gasteiger partial charge < -0.3 is 16.0 Å². The molecular formula is C20H29N3O2. The van der Waals surface area contributed by atoms with E-state index in [1.807, 2.05) is 23.1 Å². The van der Waals surface area contributed by atoms with Gasteiger partial charge in [-0.3, -0.25) is 9.59 Å². The van der Waals surface area contributed by atoms with Crippen molar-refractivity contribution >= 4 is 11.8 Å². The van der Waals surface area contributed by atoms with Crippen LogP contribution in [0.1, 0.15) is 44.1 Å². The smallest absolute Gasteiger partial charge is 0.223 e. The minimum Gasteiger partial charge on any atom is -0.353 e. The Hall–Kier alpha value is -1.88. The third kappa shape index (κ3) is 5.05. The van der Waals surface area contributed by atoms with Gasteiger partial charge >= 0.3 is 0 Å². The molecule has 0 aromatic heterocycles. The quantitative estimate of drug-likeness (QED) is 0.857. The van der Waals surface area contributed by atoms with Crippen molar-refractivity contribution in [3.8, 4) is 0 Å². The zero-order valence-electron chi connectivity index (χ0n) is 14.8. The van der Waals surface area contributed by atoms with Gasteiger partial charge in [0.15, 0.2) is 0 Å². The lowest BCUT2D eigenvalue weighted by atomic mass is 10.0. The SMILES string of the molecule is NC1CCC(C(=O)NC2CCN(C(=O)CCc3ccccc3)CC2)C1. The summed E-state index contributed by atoms with van der Waals surface area (Å²) in [6, 6.07) is 10.5. The van der Waals surface area contributed by atoms with Crippen LogP contribution in [0, 0.1) is 5.92 Å². The second-order valence-corrected chi connectivity index (χ2v) is 7.42.